The summed E-state index contributed by atoms with van der Waals surface area (Å²) >= 11 is 0. The largest absolute Gasteiger partial charge is 0.469 e. The maximum atomic E-state index is 15.2. The van der Waals surface area contributed by atoms with Crippen molar-refractivity contribution in [3.05, 3.63) is 36.4 Å². The number of amides is 1. The van der Waals surface area contributed by atoms with Crippen LogP contribution < -0.4 is 15.4 Å². The molecule has 2 aromatic rings. The summed E-state index contributed by atoms with van der Waals surface area (Å²) in [4.78, 5) is 22.0. The third-order valence-electron chi connectivity index (χ3n) is 5.67. The smallest absolute Gasteiger partial charge is 0.257 e. The standard InChI is InChI=1S/C21H25F4N7O2/c1-3-17(33)31-5-4-13(22)14(9-31)34-20-18-19(27-11-21(18,2)25)29-16(30-20)7-26-12-6-28-32(8-12)10-15(23)24/h3,6,8,13-15,26H,1,4-5,7,9-11H2,2H3,(H,27,29,30)/t13-,14+,21?/m1/s1. The number of hydrogen-bond donors (Lipinski definition) is 2. The van der Waals surface area contributed by atoms with E-state index in [1.807, 2.05) is 0 Å². The Morgan fingerprint density at radius 3 is 3.00 bits per heavy atom. The number of likely N-dealkylation sites (tertiary alicyclic amines) is 1. The zero-order valence-corrected chi connectivity index (χ0v) is 18.5. The number of aromatic nitrogens is 4. The van der Waals surface area contributed by atoms with Crippen molar-refractivity contribution in [1.29, 1.82) is 0 Å². The Morgan fingerprint density at radius 2 is 2.26 bits per heavy atom. The van der Waals surface area contributed by atoms with E-state index >= 15 is 4.39 Å². The van der Waals surface area contributed by atoms with Crippen molar-refractivity contribution < 1.29 is 27.1 Å². The third kappa shape index (κ3) is 5.07. The molecular weight excluding hydrogens is 458 g/mol. The van der Waals surface area contributed by atoms with Crippen LogP contribution in [0.15, 0.2) is 25.0 Å². The highest BCUT2D eigenvalue weighted by molar-refractivity contribution is 5.87. The number of nitrogens with one attached hydrogen (secondary N) is 2. The van der Waals surface area contributed by atoms with Gasteiger partial charge in [0.2, 0.25) is 11.8 Å². The predicted octanol–water partition coefficient (Wildman–Crippen LogP) is 2.66. The van der Waals surface area contributed by atoms with Crippen molar-refractivity contribution in [2.45, 2.75) is 50.8 Å². The molecule has 13 heteroatoms. The summed E-state index contributed by atoms with van der Waals surface area (Å²) in [5.41, 5.74) is -1.30. The van der Waals surface area contributed by atoms with E-state index in [-0.39, 0.29) is 61.6 Å². The summed E-state index contributed by atoms with van der Waals surface area (Å²) in [6, 6.07) is 0. The number of nitrogens with zero attached hydrogens (tertiary/aromatic N) is 5. The summed E-state index contributed by atoms with van der Waals surface area (Å²) in [6.07, 6.45) is -0.943. The van der Waals surface area contributed by atoms with Gasteiger partial charge in [-0.3, -0.25) is 9.48 Å². The fourth-order valence-electron chi connectivity index (χ4n) is 3.93. The van der Waals surface area contributed by atoms with Gasteiger partial charge in [-0.2, -0.15) is 10.1 Å². The molecule has 2 aliphatic heterocycles. The highest BCUT2D eigenvalue weighted by Crippen LogP contribution is 2.42. The maximum absolute atomic E-state index is 15.2. The lowest BCUT2D eigenvalue weighted by Gasteiger charge is -2.34. The second-order valence-corrected chi connectivity index (χ2v) is 8.36. The van der Waals surface area contributed by atoms with Crippen molar-refractivity contribution in [3.63, 3.8) is 0 Å². The summed E-state index contributed by atoms with van der Waals surface area (Å²) < 4.78 is 61.8. The molecule has 2 aliphatic rings. The molecule has 0 radical (unpaired) electrons. The van der Waals surface area contributed by atoms with Gasteiger partial charge in [0, 0.05) is 12.7 Å². The highest BCUT2D eigenvalue weighted by atomic mass is 19.3. The van der Waals surface area contributed by atoms with Crippen molar-refractivity contribution in [2.24, 2.45) is 0 Å². The van der Waals surface area contributed by atoms with Gasteiger partial charge in [-0.05, 0) is 19.4 Å². The lowest BCUT2D eigenvalue weighted by Crippen LogP contribution is -2.49. The van der Waals surface area contributed by atoms with Gasteiger partial charge in [0.05, 0.1) is 37.1 Å². The monoisotopic (exact) mass is 483 g/mol. The van der Waals surface area contributed by atoms with Crippen LogP contribution in [0.25, 0.3) is 0 Å². The fourth-order valence-corrected chi connectivity index (χ4v) is 3.93. The first-order valence-electron chi connectivity index (χ1n) is 10.8. The first kappa shape index (κ1) is 23.8. The van der Waals surface area contributed by atoms with Gasteiger partial charge in [-0.15, -0.1) is 0 Å². The molecule has 9 nitrogen and oxygen atoms in total. The molecule has 2 N–H and O–H groups in total. The zero-order chi connectivity index (χ0) is 24.5. The summed E-state index contributed by atoms with van der Waals surface area (Å²) in [7, 11) is 0. The number of hydrogen-bond acceptors (Lipinski definition) is 7. The fraction of sp³-hybridized carbons (Fsp3) is 0.524. The SMILES string of the molecule is C=CC(=O)N1CC[C@@H](F)[C@@H](Oc2nc(CNc3cnn(CC(F)F)c3)nc3c2C(C)(F)CN3)C1. The second-order valence-electron chi connectivity index (χ2n) is 8.36. The number of alkyl halides is 4. The lowest BCUT2D eigenvalue weighted by atomic mass is 10.0. The minimum atomic E-state index is -2.54. The van der Waals surface area contributed by atoms with Gasteiger partial charge in [-0.1, -0.05) is 6.58 Å². The molecule has 0 aliphatic carbocycles. The molecule has 0 aromatic carbocycles. The molecule has 1 unspecified atom stereocenters. The highest BCUT2D eigenvalue weighted by Gasteiger charge is 2.42. The average molecular weight is 483 g/mol. The molecule has 1 fully saturated rings. The Hall–Kier alpha value is -3.38. The summed E-state index contributed by atoms with van der Waals surface area (Å²) in [5.74, 6) is -0.00956. The van der Waals surface area contributed by atoms with Crippen molar-refractivity contribution in [3.8, 4) is 5.88 Å². The molecule has 2 aromatic heterocycles. The lowest BCUT2D eigenvalue weighted by molar-refractivity contribution is -0.130. The van der Waals surface area contributed by atoms with Crippen LogP contribution >= 0.6 is 0 Å². The van der Waals surface area contributed by atoms with E-state index in [2.05, 4.69) is 32.3 Å². The number of halogens is 4. The van der Waals surface area contributed by atoms with Crippen LogP contribution in [0.5, 0.6) is 5.88 Å². The van der Waals surface area contributed by atoms with E-state index in [1.54, 1.807) is 0 Å². The van der Waals surface area contributed by atoms with Gasteiger partial charge in [0.1, 0.15) is 24.6 Å². The van der Waals surface area contributed by atoms with E-state index in [9.17, 15) is 18.0 Å². The Kier molecular flexibility index (Phi) is 6.62. The number of fused-ring (bicyclic) bond motifs is 1. The van der Waals surface area contributed by atoms with E-state index in [0.717, 1.165) is 10.8 Å². The first-order valence-corrected chi connectivity index (χ1v) is 10.8. The molecule has 0 spiro atoms. The van der Waals surface area contributed by atoms with Gasteiger partial charge in [0.15, 0.2) is 11.5 Å². The van der Waals surface area contributed by atoms with Crippen molar-refractivity contribution >= 4 is 17.4 Å². The van der Waals surface area contributed by atoms with Crippen LogP contribution in [0.3, 0.4) is 0 Å². The Morgan fingerprint density at radius 1 is 1.47 bits per heavy atom. The van der Waals surface area contributed by atoms with Crippen LogP contribution in [-0.2, 0) is 23.6 Å². The number of rotatable bonds is 8. The normalized spacial score (nSPS) is 24.0. The van der Waals surface area contributed by atoms with Crippen LogP contribution in [0.1, 0.15) is 24.7 Å². The number of anilines is 2. The molecule has 4 rings (SSSR count). The molecule has 0 saturated carbocycles. The number of ether oxygens (including phenoxy) is 1. The van der Waals surface area contributed by atoms with Crippen molar-refractivity contribution in [1.82, 2.24) is 24.6 Å². The van der Waals surface area contributed by atoms with Crippen LogP contribution in [0.4, 0.5) is 29.1 Å². The van der Waals surface area contributed by atoms with E-state index in [0.29, 0.717) is 5.69 Å². The summed E-state index contributed by atoms with van der Waals surface area (Å²) in [5, 5.41) is 9.68. The summed E-state index contributed by atoms with van der Waals surface area (Å²) in [6.45, 7) is 4.45. The predicted molar refractivity (Wildman–Crippen MR) is 115 cm³/mol. The van der Waals surface area contributed by atoms with E-state index < -0.39 is 30.9 Å². The Bertz CT molecular complexity index is 1060. The quantitative estimate of drug-likeness (QED) is 0.440. The third-order valence-corrected chi connectivity index (χ3v) is 5.67. The van der Waals surface area contributed by atoms with Gasteiger partial charge >= 0.3 is 0 Å². The van der Waals surface area contributed by atoms with E-state index in [1.165, 1.54) is 24.2 Å². The van der Waals surface area contributed by atoms with Gasteiger partial charge < -0.3 is 20.3 Å². The first-order chi connectivity index (χ1) is 16.2. The number of carbonyl (C=O) groups excluding carboxylic acids is 1. The Balaban J connectivity index is 1.55. The number of piperidine rings is 1. The minimum absolute atomic E-state index is 0.0296. The van der Waals surface area contributed by atoms with Crippen LogP contribution in [-0.4, -0.2) is 68.9 Å². The molecule has 3 atom stereocenters. The van der Waals surface area contributed by atoms with Crippen LogP contribution in [0, 0.1) is 0 Å². The topological polar surface area (TPSA) is 97.2 Å². The average Bonchev–Trinajstić information content (AvgIpc) is 3.36. The number of carbonyl (C=O) groups is 1. The Labute approximate surface area is 193 Å². The van der Waals surface area contributed by atoms with Gasteiger partial charge in [0.25, 0.3) is 6.43 Å². The van der Waals surface area contributed by atoms with Crippen molar-refractivity contribution in [2.75, 3.05) is 30.3 Å². The van der Waals surface area contributed by atoms with Crippen LogP contribution in [0.2, 0.25) is 0 Å². The molecular formula is C21H25F4N7O2. The molecule has 4 heterocycles. The molecule has 184 valence electrons. The minimum Gasteiger partial charge on any atom is -0.469 e. The second kappa shape index (κ2) is 9.47. The van der Waals surface area contributed by atoms with Gasteiger partial charge in [-0.25, -0.2) is 22.5 Å². The molecule has 34 heavy (non-hydrogen) atoms. The molecule has 1 saturated heterocycles. The zero-order valence-electron chi connectivity index (χ0n) is 18.5. The molecule has 0 bridgehead atoms. The van der Waals surface area contributed by atoms with E-state index in [4.69, 9.17) is 4.74 Å². The maximum Gasteiger partial charge on any atom is 0.257 e. The molecule has 1 amide bonds.